The van der Waals surface area contributed by atoms with E-state index in [0.717, 1.165) is 13.0 Å². The van der Waals surface area contributed by atoms with E-state index in [1.807, 2.05) is 39.1 Å². The summed E-state index contributed by atoms with van der Waals surface area (Å²) >= 11 is 5.80. The first-order chi connectivity index (χ1) is 7.97. The summed E-state index contributed by atoms with van der Waals surface area (Å²) in [5.74, 6) is 0.449. The molecule has 94 valence electrons. The van der Waals surface area contributed by atoms with E-state index in [1.54, 1.807) is 4.90 Å². The molecule has 0 saturated heterocycles. The van der Waals surface area contributed by atoms with Crippen LogP contribution in [0.5, 0.6) is 0 Å². The van der Waals surface area contributed by atoms with E-state index in [-0.39, 0.29) is 5.91 Å². The minimum atomic E-state index is -0.479. The van der Waals surface area contributed by atoms with Crippen LogP contribution in [0.3, 0.4) is 0 Å². The Morgan fingerprint density at radius 2 is 1.88 bits per heavy atom. The van der Waals surface area contributed by atoms with Crippen molar-refractivity contribution in [3.8, 4) is 0 Å². The van der Waals surface area contributed by atoms with E-state index in [4.69, 9.17) is 11.6 Å². The fraction of sp³-hybridized carbons (Fsp3) is 0.500. The molecule has 2 nitrogen and oxygen atoms in total. The summed E-state index contributed by atoms with van der Waals surface area (Å²) in [7, 11) is 1.83. The maximum atomic E-state index is 12.1. The zero-order valence-corrected chi connectivity index (χ0v) is 11.5. The number of rotatable bonds is 5. The topological polar surface area (TPSA) is 20.3 Å². The van der Waals surface area contributed by atoms with Crippen LogP contribution in [0.15, 0.2) is 30.3 Å². The van der Waals surface area contributed by atoms with Crippen molar-refractivity contribution < 1.29 is 4.79 Å². The van der Waals surface area contributed by atoms with E-state index in [9.17, 15) is 4.79 Å². The monoisotopic (exact) mass is 253 g/mol. The fourth-order valence-corrected chi connectivity index (χ4v) is 1.73. The highest BCUT2D eigenvalue weighted by atomic mass is 35.5. The van der Waals surface area contributed by atoms with E-state index < -0.39 is 5.41 Å². The van der Waals surface area contributed by atoms with Crippen molar-refractivity contribution in [1.29, 1.82) is 0 Å². The molecule has 0 bridgehead atoms. The molecule has 0 aromatic heterocycles. The van der Waals surface area contributed by atoms with Gasteiger partial charge in [-0.05, 0) is 25.8 Å². The third-order valence-corrected chi connectivity index (χ3v) is 3.51. The van der Waals surface area contributed by atoms with E-state index in [0.29, 0.717) is 5.88 Å². The Morgan fingerprint density at radius 1 is 1.29 bits per heavy atom. The van der Waals surface area contributed by atoms with Gasteiger partial charge in [0.25, 0.3) is 0 Å². The van der Waals surface area contributed by atoms with Gasteiger partial charge in [0, 0.05) is 19.5 Å². The van der Waals surface area contributed by atoms with E-state index >= 15 is 0 Å². The number of hydrogen-bond donors (Lipinski definition) is 0. The average Bonchev–Trinajstić information content (AvgIpc) is 2.36. The van der Waals surface area contributed by atoms with Crippen LogP contribution in [0.25, 0.3) is 0 Å². The summed E-state index contributed by atoms with van der Waals surface area (Å²) in [6.07, 6.45) is 0.876. The van der Waals surface area contributed by atoms with Gasteiger partial charge in [-0.2, -0.15) is 0 Å². The molecular formula is C14H20ClNO. The van der Waals surface area contributed by atoms with Crippen LogP contribution >= 0.6 is 11.6 Å². The zero-order valence-electron chi connectivity index (χ0n) is 10.7. The van der Waals surface area contributed by atoms with Gasteiger partial charge in [-0.25, -0.2) is 0 Å². The number of hydrogen-bond acceptors (Lipinski definition) is 1. The SMILES string of the molecule is CN(CCc1ccccc1)C(=O)C(C)(C)CCl. The minimum Gasteiger partial charge on any atom is -0.345 e. The Bertz CT molecular complexity index is 362. The van der Waals surface area contributed by atoms with Gasteiger partial charge in [0.2, 0.25) is 5.91 Å². The number of nitrogens with zero attached hydrogens (tertiary/aromatic N) is 1. The molecule has 0 aliphatic heterocycles. The molecule has 0 aliphatic rings. The van der Waals surface area contributed by atoms with Gasteiger partial charge >= 0.3 is 0 Å². The van der Waals surface area contributed by atoms with Crippen molar-refractivity contribution in [2.45, 2.75) is 20.3 Å². The van der Waals surface area contributed by atoms with Gasteiger partial charge in [-0.3, -0.25) is 4.79 Å². The van der Waals surface area contributed by atoms with Crippen LogP contribution in [0, 0.1) is 5.41 Å². The molecule has 1 aromatic carbocycles. The molecule has 0 saturated carbocycles. The molecule has 0 N–H and O–H groups in total. The summed E-state index contributed by atoms with van der Waals surface area (Å²) < 4.78 is 0. The molecule has 17 heavy (non-hydrogen) atoms. The van der Waals surface area contributed by atoms with Gasteiger partial charge in [0.15, 0.2) is 0 Å². The third kappa shape index (κ3) is 4.04. The van der Waals surface area contributed by atoms with Gasteiger partial charge < -0.3 is 4.90 Å². The first-order valence-electron chi connectivity index (χ1n) is 5.83. The lowest BCUT2D eigenvalue weighted by Crippen LogP contribution is -2.40. The van der Waals surface area contributed by atoms with E-state index in [2.05, 4.69) is 12.1 Å². The third-order valence-electron chi connectivity index (χ3n) is 2.84. The first-order valence-corrected chi connectivity index (χ1v) is 6.36. The number of likely N-dealkylation sites (N-methyl/N-ethyl adjacent to an activating group) is 1. The molecule has 0 heterocycles. The van der Waals surface area contributed by atoms with Crippen LogP contribution < -0.4 is 0 Å². The van der Waals surface area contributed by atoms with Crippen LogP contribution in [0.4, 0.5) is 0 Å². The highest BCUT2D eigenvalue weighted by molar-refractivity contribution is 6.19. The minimum absolute atomic E-state index is 0.100. The molecule has 1 aromatic rings. The largest absolute Gasteiger partial charge is 0.345 e. The second kappa shape index (κ2) is 6.06. The summed E-state index contributed by atoms with van der Waals surface area (Å²) in [6.45, 7) is 4.48. The quantitative estimate of drug-likeness (QED) is 0.739. The molecular weight excluding hydrogens is 234 g/mol. The van der Waals surface area contributed by atoms with Crippen molar-refractivity contribution in [3.05, 3.63) is 35.9 Å². The Morgan fingerprint density at radius 3 is 2.41 bits per heavy atom. The Hall–Kier alpha value is -1.02. The van der Waals surface area contributed by atoms with Crippen LogP contribution in [-0.2, 0) is 11.2 Å². The van der Waals surface area contributed by atoms with Gasteiger partial charge in [0.05, 0.1) is 5.41 Å². The highest BCUT2D eigenvalue weighted by Crippen LogP contribution is 2.20. The standard InChI is InChI=1S/C14H20ClNO/c1-14(2,11-15)13(17)16(3)10-9-12-7-5-4-6-8-12/h4-8H,9-11H2,1-3H3. The number of carbonyl (C=O) groups excluding carboxylic acids is 1. The maximum Gasteiger partial charge on any atom is 0.229 e. The zero-order chi connectivity index (χ0) is 12.9. The number of alkyl halides is 1. The molecule has 0 aliphatic carbocycles. The van der Waals surface area contributed by atoms with Crippen molar-refractivity contribution in [1.82, 2.24) is 4.90 Å². The molecule has 3 heteroatoms. The van der Waals surface area contributed by atoms with Crippen molar-refractivity contribution in [2.75, 3.05) is 19.5 Å². The lowest BCUT2D eigenvalue weighted by molar-refractivity contribution is -0.137. The summed E-state index contributed by atoms with van der Waals surface area (Å²) in [4.78, 5) is 13.8. The molecule has 1 rings (SSSR count). The van der Waals surface area contributed by atoms with Gasteiger partial charge in [-0.1, -0.05) is 30.3 Å². The predicted molar refractivity (Wildman–Crippen MR) is 72.3 cm³/mol. The summed E-state index contributed by atoms with van der Waals surface area (Å²) in [6, 6.07) is 10.2. The highest BCUT2D eigenvalue weighted by Gasteiger charge is 2.29. The number of amides is 1. The number of carbonyl (C=O) groups is 1. The lowest BCUT2D eigenvalue weighted by atomic mass is 9.94. The molecule has 1 amide bonds. The predicted octanol–water partition coefficient (Wildman–Crippen LogP) is 2.95. The first kappa shape index (κ1) is 14.0. The maximum absolute atomic E-state index is 12.1. The molecule has 0 atom stereocenters. The Kier molecular flexibility index (Phi) is 5.01. The second-order valence-electron chi connectivity index (χ2n) is 4.98. The Labute approximate surface area is 109 Å². The van der Waals surface area contributed by atoms with Crippen LogP contribution in [0.1, 0.15) is 19.4 Å². The van der Waals surface area contributed by atoms with Gasteiger partial charge in [-0.15, -0.1) is 11.6 Å². The van der Waals surface area contributed by atoms with Crippen LogP contribution in [0.2, 0.25) is 0 Å². The number of benzene rings is 1. The van der Waals surface area contributed by atoms with E-state index in [1.165, 1.54) is 5.56 Å². The molecule has 0 unspecified atom stereocenters. The second-order valence-corrected chi connectivity index (χ2v) is 5.25. The lowest BCUT2D eigenvalue weighted by Gasteiger charge is -2.27. The summed E-state index contributed by atoms with van der Waals surface area (Å²) in [5.41, 5.74) is 0.767. The van der Waals surface area contributed by atoms with Crippen molar-refractivity contribution in [2.24, 2.45) is 5.41 Å². The van der Waals surface area contributed by atoms with Crippen molar-refractivity contribution in [3.63, 3.8) is 0 Å². The number of halogens is 1. The normalized spacial score (nSPS) is 11.3. The molecule has 0 fully saturated rings. The average molecular weight is 254 g/mol. The van der Waals surface area contributed by atoms with Crippen LogP contribution in [-0.4, -0.2) is 30.3 Å². The Balaban J connectivity index is 2.50. The smallest absolute Gasteiger partial charge is 0.229 e. The van der Waals surface area contributed by atoms with Crippen molar-refractivity contribution >= 4 is 17.5 Å². The summed E-state index contributed by atoms with van der Waals surface area (Å²) in [5, 5.41) is 0. The van der Waals surface area contributed by atoms with Gasteiger partial charge in [0.1, 0.15) is 0 Å². The molecule has 0 radical (unpaired) electrons. The fourth-order valence-electron chi connectivity index (χ4n) is 1.62. The molecule has 0 spiro atoms.